The first kappa shape index (κ1) is 23.7. The van der Waals surface area contributed by atoms with Gasteiger partial charge in [-0.3, -0.25) is 15.1 Å². The second-order valence-corrected chi connectivity index (χ2v) is 12.2. The van der Waals surface area contributed by atoms with E-state index in [4.69, 9.17) is 4.74 Å². The van der Waals surface area contributed by atoms with Crippen molar-refractivity contribution >= 4 is 40.7 Å². The molecule has 2 aliphatic carbocycles. The van der Waals surface area contributed by atoms with Crippen LogP contribution in [0.5, 0.6) is 0 Å². The Hall–Kier alpha value is -0.930. The van der Waals surface area contributed by atoms with Crippen molar-refractivity contribution in [1.82, 2.24) is 10.2 Å². The number of carboxylic acids is 1. The monoisotopic (exact) mass is 457 g/mol. The highest BCUT2D eigenvalue weighted by atomic mass is 32.2. The number of hydrogen-bond acceptors (Lipinski definition) is 6. The summed E-state index contributed by atoms with van der Waals surface area (Å²) in [4.78, 5) is 31.3. The third kappa shape index (κ3) is 6.07. The number of methoxy groups -OCH3 is 1. The fraction of sp³-hybridized carbons (Fsp3) is 0.857. The van der Waals surface area contributed by atoms with Crippen molar-refractivity contribution < 1.29 is 19.4 Å². The van der Waals surface area contributed by atoms with Crippen LogP contribution in [0, 0.1) is 0 Å². The summed E-state index contributed by atoms with van der Waals surface area (Å²) in [7, 11) is 1.77. The molecule has 2 saturated carbocycles. The highest BCUT2D eigenvalue weighted by Gasteiger charge is 2.37. The number of amides is 2. The second-order valence-electron chi connectivity index (χ2n) is 8.92. The first-order chi connectivity index (χ1) is 14.3. The maximum Gasteiger partial charge on any atom is 0.323 e. The van der Waals surface area contributed by atoms with Gasteiger partial charge in [-0.05, 0) is 52.4 Å². The van der Waals surface area contributed by atoms with Crippen molar-refractivity contribution in [2.75, 3.05) is 13.7 Å². The standard InChI is InChI=1S/C21H35N3O4S2/c1-21(2,18(25)26)30-17-13-22-19(29-17)23-20(27)24(14-7-5-4-6-8-14)15-9-11-16(28-3)12-10-15/h14-17H,4-13H2,1-3H3,(H,25,26)(H,22,23,27)/t15-,16-,17?. The van der Waals surface area contributed by atoms with Crippen LogP contribution in [0.15, 0.2) is 4.99 Å². The predicted molar refractivity (Wildman–Crippen MR) is 123 cm³/mol. The smallest absolute Gasteiger partial charge is 0.323 e. The van der Waals surface area contributed by atoms with Crippen LogP contribution < -0.4 is 5.32 Å². The van der Waals surface area contributed by atoms with E-state index in [1.54, 1.807) is 21.0 Å². The van der Waals surface area contributed by atoms with Crippen LogP contribution in [0.4, 0.5) is 4.79 Å². The molecule has 3 aliphatic rings. The number of aliphatic imine (C=N–C) groups is 1. The molecule has 0 aromatic carbocycles. The zero-order valence-electron chi connectivity index (χ0n) is 18.3. The van der Waals surface area contributed by atoms with E-state index < -0.39 is 10.7 Å². The average molecular weight is 458 g/mol. The Morgan fingerprint density at radius 1 is 1.13 bits per heavy atom. The van der Waals surface area contributed by atoms with E-state index in [-0.39, 0.29) is 16.7 Å². The number of carboxylic acid groups (broad SMARTS) is 1. The molecule has 2 amide bonds. The van der Waals surface area contributed by atoms with Gasteiger partial charge in [0.1, 0.15) is 4.75 Å². The van der Waals surface area contributed by atoms with Crippen molar-refractivity contribution in [3.63, 3.8) is 0 Å². The van der Waals surface area contributed by atoms with E-state index >= 15 is 0 Å². The van der Waals surface area contributed by atoms with Gasteiger partial charge < -0.3 is 14.7 Å². The first-order valence-corrected chi connectivity index (χ1v) is 12.8. The molecule has 1 unspecified atom stereocenters. The number of thioether (sulfide) groups is 2. The maximum absolute atomic E-state index is 13.3. The lowest BCUT2D eigenvalue weighted by atomic mass is 9.88. The van der Waals surface area contributed by atoms with E-state index in [0.29, 0.717) is 23.9 Å². The summed E-state index contributed by atoms with van der Waals surface area (Å²) in [6.07, 6.45) is 10.0. The average Bonchev–Trinajstić information content (AvgIpc) is 3.15. The van der Waals surface area contributed by atoms with Crippen molar-refractivity contribution in [1.29, 1.82) is 0 Å². The summed E-state index contributed by atoms with van der Waals surface area (Å²) in [6, 6.07) is 0.505. The predicted octanol–water partition coefficient (Wildman–Crippen LogP) is 4.31. The van der Waals surface area contributed by atoms with Gasteiger partial charge in [0, 0.05) is 19.2 Å². The number of urea groups is 1. The Morgan fingerprint density at radius 2 is 1.77 bits per heavy atom. The molecule has 30 heavy (non-hydrogen) atoms. The molecule has 1 aliphatic heterocycles. The topological polar surface area (TPSA) is 91.2 Å². The Labute approximate surface area is 188 Å². The Morgan fingerprint density at radius 3 is 2.37 bits per heavy atom. The third-order valence-electron chi connectivity index (χ3n) is 6.36. The molecule has 9 heteroatoms. The van der Waals surface area contributed by atoms with Crippen LogP contribution >= 0.6 is 23.5 Å². The second kappa shape index (κ2) is 10.6. The molecule has 2 fully saturated rings. The van der Waals surface area contributed by atoms with Gasteiger partial charge in [-0.15, -0.1) is 11.8 Å². The quantitative estimate of drug-likeness (QED) is 0.617. The summed E-state index contributed by atoms with van der Waals surface area (Å²) < 4.78 is 4.65. The highest BCUT2D eigenvalue weighted by molar-refractivity contribution is 8.25. The summed E-state index contributed by atoms with van der Waals surface area (Å²) >= 11 is 2.85. The molecule has 0 spiro atoms. The highest BCUT2D eigenvalue weighted by Crippen LogP contribution is 2.38. The lowest BCUT2D eigenvalue weighted by Gasteiger charge is -2.42. The maximum atomic E-state index is 13.3. The molecule has 0 bridgehead atoms. The molecule has 0 saturated heterocycles. The molecule has 0 aromatic heterocycles. The molecule has 2 N–H and O–H groups in total. The number of carbonyl (C=O) groups excluding carboxylic acids is 1. The van der Waals surface area contributed by atoms with E-state index in [1.807, 2.05) is 0 Å². The zero-order chi connectivity index (χ0) is 21.7. The molecule has 170 valence electrons. The van der Waals surface area contributed by atoms with Gasteiger partial charge in [-0.2, -0.15) is 0 Å². The Balaban J connectivity index is 1.60. The number of rotatable bonds is 6. The SMILES string of the molecule is CO[C@H]1CC[C@H](N(C(=O)NC2=NCC(SC(C)(C)C(=O)O)S2)C2CCCCC2)CC1. The van der Waals surface area contributed by atoms with E-state index in [2.05, 4.69) is 15.2 Å². The van der Waals surface area contributed by atoms with Gasteiger partial charge in [0.05, 0.1) is 17.2 Å². The minimum absolute atomic E-state index is 0.00618. The van der Waals surface area contributed by atoms with Crippen molar-refractivity contribution in [3.8, 4) is 0 Å². The van der Waals surface area contributed by atoms with Crippen LogP contribution in [0.1, 0.15) is 71.6 Å². The van der Waals surface area contributed by atoms with Crippen molar-refractivity contribution in [2.24, 2.45) is 4.99 Å². The molecule has 1 heterocycles. The van der Waals surface area contributed by atoms with E-state index in [1.165, 1.54) is 42.8 Å². The van der Waals surface area contributed by atoms with Crippen molar-refractivity contribution in [3.05, 3.63) is 0 Å². The Kier molecular flexibility index (Phi) is 8.38. The molecule has 0 radical (unpaired) electrons. The van der Waals surface area contributed by atoms with Crippen LogP contribution in [0.2, 0.25) is 0 Å². The lowest BCUT2D eigenvalue weighted by molar-refractivity contribution is -0.138. The molecular weight excluding hydrogens is 422 g/mol. The van der Waals surface area contributed by atoms with E-state index in [0.717, 1.165) is 38.5 Å². The number of ether oxygens (including phenoxy) is 1. The minimum atomic E-state index is -0.874. The normalized spacial score (nSPS) is 28.1. The molecular formula is C21H35N3O4S2. The fourth-order valence-electron chi connectivity index (χ4n) is 4.57. The van der Waals surface area contributed by atoms with Crippen LogP contribution in [-0.2, 0) is 9.53 Å². The van der Waals surface area contributed by atoms with Gasteiger partial charge >= 0.3 is 12.0 Å². The number of nitrogens with zero attached hydrogens (tertiary/aromatic N) is 2. The summed E-state index contributed by atoms with van der Waals surface area (Å²) in [5, 5.41) is 13.0. The van der Waals surface area contributed by atoms with Crippen molar-refractivity contribution in [2.45, 2.75) is 99.2 Å². The zero-order valence-corrected chi connectivity index (χ0v) is 19.9. The number of hydrogen-bond donors (Lipinski definition) is 2. The van der Waals surface area contributed by atoms with Gasteiger partial charge in [0.25, 0.3) is 0 Å². The van der Waals surface area contributed by atoms with Gasteiger partial charge in [-0.1, -0.05) is 31.0 Å². The van der Waals surface area contributed by atoms with E-state index in [9.17, 15) is 14.7 Å². The van der Waals surface area contributed by atoms with Gasteiger partial charge in [0.2, 0.25) is 0 Å². The van der Waals surface area contributed by atoms with Crippen LogP contribution in [0.25, 0.3) is 0 Å². The lowest BCUT2D eigenvalue weighted by Crippen LogP contribution is -2.54. The number of nitrogens with one attached hydrogen (secondary N) is 1. The Bertz CT molecular complexity index is 644. The first-order valence-electron chi connectivity index (χ1n) is 11.0. The van der Waals surface area contributed by atoms with Gasteiger partial charge in [-0.25, -0.2) is 4.79 Å². The third-order valence-corrected chi connectivity index (χ3v) is 8.97. The number of aliphatic carboxylic acids is 1. The summed E-state index contributed by atoms with van der Waals surface area (Å²) in [5.41, 5.74) is 0. The molecule has 0 aromatic rings. The molecule has 1 atom stereocenters. The fourth-order valence-corrected chi connectivity index (χ4v) is 7.36. The van der Waals surface area contributed by atoms with Crippen LogP contribution in [0.3, 0.4) is 0 Å². The summed E-state index contributed by atoms with van der Waals surface area (Å²) in [6.45, 7) is 3.93. The molecule has 7 nitrogen and oxygen atoms in total. The summed E-state index contributed by atoms with van der Waals surface area (Å²) in [5.74, 6) is -0.833. The molecule has 3 rings (SSSR count). The number of carbonyl (C=O) groups is 2. The largest absolute Gasteiger partial charge is 0.480 e. The number of amidine groups is 1. The van der Waals surface area contributed by atoms with Gasteiger partial charge in [0.15, 0.2) is 5.17 Å². The minimum Gasteiger partial charge on any atom is -0.480 e. The van der Waals surface area contributed by atoms with Crippen LogP contribution in [-0.4, -0.2) is 68.3 Å².